The molecule has 0 aliphatic rings. The maximum atomic E-state index is 12.9. The molecule has 0 fully saturated rings. The van der Waals surface area contributed by atoms with E-state index in [4.69, 9.17) is 0 Å². The third-order valence-corrected chi connectivity index (χ3v) is 1.79. The molecule has 0 aliphatic heterocycles. The molecular weight excluding hydrogens is 212 g/mol. The van der Waals surface area contributed by atoms with Crippen molar-refractivity contribution in [3.05, 3.63) is 29.6 Å². The van der Waals surface area contributed by atoms with Gasteiger partial charge in [0.2, 0.25) is 0 Å². The van der Waals surface area contributed by atoms with E-state index in [-0.39, 0.29) is 5.92 Å². The molecule has 0 aliphatic carbocycles. The number of hydrogen-bond acceptors (Lipinski definition) is 1. The molecule has 0 spiro atoms. The van der Waals surface area contributed by atoms with Gasteiger partial charge in [0.25, 0.3) is 0 Å². The summed E-state index contributed by atoms with van der Waals surface area (Å²) in [6.45, 7) is 3.51. The number of halogens is 4. The number of benzene rings is 1. The van der Waals surface area contributed by atoms with Crippen molar-refractivity contribution in [3.8, 4) is 5.75 Å². The van der Waals surface area contributed by atoms with Gasteiger partial charge >= 0.3 is 6.36 Å². The molecule has 0 saturated carbocycles. The van der Waals surface area contributed by atoms with Crippen LogP contribution < -0.4 is 4.74 Å². The Balaban J connectivity index is 2.99. The van der Waals surface area contributed by atoms with Crippen LogP contribution in [0.1, 0.15) is 25.3 Å². The minimum absolute atomic E-state index is 0.0590. The van der Waals surface area contributed by atoms with E-state index in [0.717, 1.165) is 0 Å². The topological polar surface area (TPSA) is 9.23 Å². The minimum atomic E-state index is -4.79. The second-order valence-corrected chi connectivity index (χ2v) is 3.42. The summed E-state index contributed by atoms with van der Waals surface area (Å²) in [4.78, 5) is 0. The van der Waals surface area contributed by atoms with Crippen molar-refractivity contribution in [2.45, 2.75) is 26.1 Å². The smallest absolute Gasteiger partial charge is 0.406 e. The second-order valence-electron chi connectivity index (χ2n) is 3.42. The summed E-state index contributed by atoms with van der Waals surface area (Å²) < 4.78 is 52.1. The fraction of sp³-hybridized carbons (Fsp3) is 0.400. The average Bonchev–Trinajstić information content (AvgIpc) is 1.99. The van der Waals surface area contributed by atoms with Crippen molar-refractivity contribution in [2.75, 3.05) is 0 Å². The highest BCUT2D eigenvalue weighted by Gasteiger charge is 2.31. The fourth-order valence-electron chi connectivity index (χ4n) is 1.11. The Morgan fingerprint density at radius 3 is 2.20 bits per heavy atom. The molecule has 1 nitrogen and oxygen atoms in total. The van der Waals surface area contributed by atoms with Crippen LogP contribution in [0.25, 0.3) is 0 Å². The normalized spacial score (nSPS) is 11.9. The van der Waals surface area contributed by atoms with Crippen LogP contribution in [-0.2, 0) is 0 Å². The highest BCUT2D eigenvalue weighted by atomic mass is 19.4. The Kier molecular flexibility index (Phi) is 3.21. The average molecular weight is 222 g/mol. The third kappa shape index (κ3) is 3.77. The first-order chi connectivity index (χ1) is 6.78. The molecule has 1 aromatic rings. The first kappa shape index (κ1) is 11.8. The molecule has 5 heteroatoms. The molecule has 0 atom stereocenters. The third-order valence-electron chi connectivity index (χ3n) is 1.79. The van der Waals surface area contributed by atoms with Gasteiger partial charge in [-0.2, -0.15) is 0 Å². The molecule has 0 radical (unpaired) electrons. The second kappa shape index (κ2) is 4.08. The first-order valence-electron chi connectivity index (χ1n) is 4.34. The summed E-state index contributed by atoms with van der Waals surface area (Å²) in [6, 6.07) is 3.08. The Hall–Kier alpha value is -1.26. The van der Waals surface area contributed by atoms with Crippen molar-refractivity contribution in [1.29, 1.82) is 0 Å². The lowest BCUT2D eigenvalue weighted by Crippen LogP contribution is -2.17. The zero-order valence-electron chi connectivity index (χ0n) is 8.23. The van der Waals surface area contributed by atoms with Crippen molar-refractivity contribution >= 4 is 0 Å². The standard InChI is InChI=1S/C10H10F4O/c1-6(2)7-3-8(11)5-9(4-7)15-10(12,13)14/h3-6H,1-2H3. The molecule has 0 N–H and O–H groups in total. The maximum Gasteiger partial charge on any atom is 0.573 e. The predicted octanol–water partition coefficient (Wildman–Crippen LogP) is 3.85. The Morgan fingerprint density at radius 2 is 1.73 bits per heavy atom. The zero-order valence-corrected chi connectivity index (χ0v) is 8.23. The molecule has 1 aromatic carbocycles. The van der Waals surface area contributed by atoms with E-state index in [0.29, 0.717) is 11.6 Å². The van der Waals surface area contributed by atoms with Crippen LogP contribution in [0.15, 0.2) is 18.2 Å². The van der Waals surface area contributed by atoms with Gasteiger partial charge in [0, 0.05) is 6.07 Å². The van der Waals surface area contributed by atoms with E-state index in [1.54, 1.807) is 13.8 Å². The Labute approximate surface area is 84.7 Å². The summed E-state index contributed by atoms with van der Waals surface area (Å²) in [5.74, 6) is -1.32. The number of hydrogen-bond donors (Lipinski definition) is 0. The van der Waals surface area contributed by atoms with Gasteiger partial charge in [0.05, 0.1) is 0 Å². The lowest BCUT2D eigenvalue weighted by molar-refractivity contribution is -0.274. The monoisotopic (exact) mass is 222 g/mol. The minimum Gasteiger partial charge on any atom is -0.406 e. The molecular formula is C10H10F4O. The Morgan fingerprint density at radius 1 is 1.13 bits per heavy atom. The van der Waals surface area contributed by atoms with Crippen molar-refractivity contribution in [3.63, 3.8) is 0 Å². The van der Waals surface area contributed by atoms with Gasteiger partial charge in [-0.3, -0.25) is 0 Å². The molecule has 0 amide bonds. The molecule has 1 rings (SSSR count). The highest BCUT2D eigenvalue weighted by Crippen LogP contribution is 2.27. The van der Waals surface area contributed by atoms with E-state index < -0.39 is 17.9 Å². The van der Waals surface area contributed by atoms with Gasteiger partial charge in [-0.1, -0.05) is 13.8 Å². The molecule has 0 aromatic heterocycles. The van der Waals surface area contributed by atoms with Crippen molar-refractivity contribution in [2.24, 2.45) is 0 Å². The van der Waals surface area contributed by atoms with Gasteiger partial charge in [0.1, 0.15) is 11.6 Å². The van der Waals surface area contributed by atoms with Crippen LogP contribution in [0.2, 0.25) is 0 Å². The van der Waals surface area contributed by atoms with E-state index in [1.165, 1.54) is 12.1 Å². The van der Waals surface area contributed by atoms with E-state index in [2.05, 4.69) is 4.74 Å². The number of alkyl halides is 3. The van der Waals surface area contributed by atoms with Crippen LogP contribution in [0.3, 0.4) is 0 Å². The summed E-state index contributed by atoms with van der Waals surface area (Å²) in [7, 11) is 0. The van der Waals surface area contributed by atoms with E-state index >= 15 is 0 Å². The van der Waals surface area contributed by atoms with Gasteiger partial charge in [-0.25, -0.2) is 4.39 Å². The zero-order chi connectivity index (χ0) is 11.6. The largest absolute Gasteiger partial charge is 0.573 e. The predicted molar refractivity (Wildman–Crippen MR) is 47.2 cm³/mol. The van der Waals surface area contributed by atoms with Gasteiger partial charge in [-0.05, 0) is 23.6 Å². The van der Waals surface area contributed by atoms with E-state index in [9.17, 15) is 17.6 Å². The quantitative estimate of drug-likeness (QED) is 0.690. The van der Waals surface area contributed by atoms with E-state index in [1.807, 2.05) is 0 Å². The van der Waals surface area contributed by atoms with Gasteiger partial charge in [0.15, 0.2) is 0 Å². The van der Waals surface area contributed by atoms with Crippen molar-refractivity contribution in [1.82, 2.24) is 0 Å². The lowest BCUT2D eigenvalue weighted by atomic mass is 10.0. The molecule has 15 heavy (non-hydrogen) atoms. The molecule has 0 unspecified atom stereocenters. The summed E-state index contributed by atoms with van der Waals surface area (Å²) in [5, 5.41) is 0. The molecule has 0 heterocycles. The SMILES string of the molecule is CC(C)c1cc(F)cc(OC(F)(F)F)c1. The number of rotatable bonds is 2. The Bertz CT molecular complexity index is 344. The number of ether oxygens (including phenoxy) is 1. The van der Waals surface area contributed by atoms with Crippen molar-refractivity contribution < 1.29 is 22.3 Å². The molecule has 0 bridgehead atoms. The summed E-state index contributed by atoms with van der Waals surface area (Å²) in [5.41, 5.74) is 0.467. The lowest BCUT2D eigenvalue weighted by Gasteiger charge is -2.11. The molecule has 0 saturated heterocycles. The maximum absolute atomic E-state index is 12.9. The summed E-state index contributed by atoms with van der Waals surface area (Å²) >= 11 is 0. The first-order valence-corrected chi connectivity index (χ1v) is 4.34. The highest BCUT2D eigenvalue weighted by molar-refractivity contribution is 5.31. The fourth-order valence-corrected chi connectivity index (χ4v) is 1.11. The molecule has 84 valence electrons. The van der Waals surface area contributed by atoms with Crippen LogP contribution in [0.5, 0.6) is 5.75 Å². The van der Waals surface area contributed by atoms with Gasteiger partial charge < -0.3 is 4.74 Å². The van der Waals surface area contributed by atoms with Crippen LogP contribution in [-0.4, -0.2) is 6.36 Å². The van der Waals surface area contributed by atoms with Crippen LogP contribution in [0.4, 0.5) is 17.6 Å². The van der Waals surface area contributed by atoms with Gasteiger partial charge in [-0.15, -0.1) is 13.2 Å². The van der Waals surface area contributed by atoms with Crippen LogP contribution >= 0.6 is 0 Å². The van der Waals surface area contributed by atoms with Crippen LogP contribution in [0, 0.1) is 5.82 Å². The summed E-state index contributed by atoms with van der Waals surface area (Å²) in [6.07, 6.45) is -4.79.